The van der Waals surface area contributed by atoms with E-state index in [0.717, 1.165) is 4.90 Å². The van der Waals surface area contributed by atoms with Crippen LogP contribution < -0.4 is 9.46 Å². The van der Waals surface area contributed by atoms with E-state index < -0.39 is 21.8 Å². The lowest BCUT2D eigenvalue weighted by Gasteiger charge is -2.15. The Morgan fingerprint density at radius 1 is 1.06 bits per heavy atom. The average molecular weight is 458 g/mol. The standard InChI is InChI=1S/C21H16ClN3O5S/c1-30-18-9-6-14(22)11-17(18)24-31(28,29)15-7-4-13(5-8-15)12-25-20(26)16-3-2-10-23-19(16)21(25)27/h2-11,24H,12H2,1H3. The predicted octanol–water partition coefficient (Wildman–Crippen LogP) is 3.34. The van der Waals surface area contributed by atoms with E-state index in [-0.39, 0.29) is 28.4 Å². The zero-order chi connectivity index (χ0) is 22.2. The van der Waals surface area contributed by atoms with Crippen molar-refractivity contribution >= 4 is 39.1 Å². The SMILES string of the molecule is COc1ccc(Cl)cc1NS(=O)(=O)c1ccc(CN2C(=O)c3cccnc3C2=O)cc1. The highest BCUT2D eigenvalue weighted by molar-refractivity contribution is 7.92. The second kappa shape index (κ2) is 8.01. The smallest absolute Gasteiger partial charge is 0.280 e. The summed E-state index contributed by atoms with van der Waals surface area (Å²) < 4.78 is 33.1. The van der Waals surface area contributed by atoms with Gasteiger partial charge in [0.15, 0.2) is 0 Å². The van der Waals surface area contributed by atoms with Gasteiger partial charge >= 0.3 is 0 Å². The van der Waals surface area contributed by atoms with Gasteiger partial charge < -0.3 is 4.74 Å². The maximum Gasteiger partial charge on any atom is 0.280 e. The summed E-state index contributed by atoms with van der Waals surface area (Å²) in [5.41, 5.74) is 1.17. The number of carbonyl (C=O) groups excluding carboxylic acids is 2. The van der Waals surface area contributed by atoms with Crippen molar-refractivity contribution in [2.45, 2.75) is 11.4 Å². The van der Waals surface area contributed by atoms with E-state index in [1.165, 1.54) is 31.5 Å². The minimum Gasteiger partial charge on any atom is -0.495 e. The number of benzene rings is 2. The Bertz CT molecular complexity index is 1260. The van der Waals surface area contributed by atoms with Gasteiger partial charge in [0.2, 0.25) is 0 Å². The monoisotopic (exact) mass is 457 g/mol. The third kappa shape index (κ3) is 3.97. The summed E-state index contributed by atoms with van der Waals surface area (Å²) >= 11 is 5.95. The number of amides is 2. The summed E-state index contributed by atoms with van der Waals surface area (Å²) in [6, 6.07) is 13.6. The normalized spacial score (nSPS) is 13.3. The third-order valence-electron chi connectivity index (χ3n) is 4.71. The molecule has 0 spiro atoms. The fraction of sp³-hybridized carbons (Fsp3) is 0.0952. The second-order valence-corrected chi connectivity index (χ2v) is 8.81. The van der Waals surface area contributed by atoms with Gasteiger partial charge in [-0.2, -0.15) is 0 Å². The van der Waals surface area contributed by atoms with E-state index in [1.807, 2.05) is 0 Å². The highest BCUT2D eigenvalue weighted by Crippen LogP contribution is 2.30. The molecule has 31 heavy (non-hydrogen) atoms. The van der Waals surface area contributed by atoms with Crippen molar-refractivity contribution in [2.75, 3.05) is 11.8 Å². The van der Waals surface area contributed by atoms with Gasteiger partial charge in [-0.1, -0.05) is 23.7 Å². The average Bonchev–Trinajstić information content (AvgIpc) is 2.99. The molecule has 0 atom stereocenters. The Labute approximate surface area is 183 Å². The summed E-state index contributed by atoms with van der Waals surface area (Å²) in [7, 11) is -2.50. The highest BCUT2D eigenvalue weighted by Gasteiger charge is 2.36. The number of hydrogen-bond acceptors (Lipinski definition) is 6. The minimum absolute atomic E-state index is 0.00214. The van der Waals surface area contributed by atoms with Gasteiger partial charge in [-0.15, -0.1) is 0 Å². The maximum absolute atomic E-state index is 12.8. The third-order valence-corrected chi connectivity index (χ3v) is 6.33. The largest absolute Gasteiger partial charge is 0.495 e. The van der Waals surface area contributed by atoms with Gasteiger partial charge in [0, 0.05) is 11.2 Å². The summed E-state index contributed by atoms with van der Waals surface area (Å²) in [4.78, 5) is 30.0. The first-order valence-electron chi connectivity index (χ1n) is 9.06. The molecule has 8 nitrogen and oxygen atoms in total. The van der Waals surface area contributed by atoms with Crippen LogP contribution in [0.3, 0.4) is 0 Å². The van der Waals surface area contributed by atoms with Crippen LogP contribution in [0.5, 0.6) is 5.75 Å². The number of pyridine rings is 1. The van der Waals surface area contributed by atoms with Crippen LogP contribution in [0.25, 0.3) is 0 Å². The highest BCUT2D eigenvalue weighted by atomic mass is 35.5. The van der Waals surface area contributed by atoms with Gasteiger partial charge in [-0.05, 0) is 48.0 Å². The molecule has 0 saturated carbocycles. The summed E-state index contributed by atoms with van der Waals surface area (Å²) in [6.45, 7) is 0.00387. The molecule has 0 fully saturated rings. The van der Waals surface area contributed by atoms with Crippen molar-refractivity contribution in [3.63, 3.8) is 0 Å². The first-order chi connectivity index (χ1) is 14.8. The predicted molar refractivity (Wildman–Crippen MR) is 114 cm³/mol. The van der Waals surface area contributed by atoms with Crippen molar-refractivity contribution in [3.8, 4) is 5.75 Å². The molecular formula is C21H16ClN3O5S. The Hall–Kier alpha value is -3.43. The Balaban J connectivity index is 1.53. The first kappa shape index (κ1) is 20.8. The van der Waals surface area contributed by atoms with Crippen LogP contribution in [-0.4, -0.2) is 37.2 Å². The molecule has 158 valence electrons. The van der Waals surface area contributed by atoms with Crippen molar-refractivity contribution in [3.05, 3.63) is 82.6 Å². The maximum atomic E-state index is 12.8. The van der Waals surface area contributed by atoms with Crippen LogP contribution in [0.4, 0.5) is 5.69 Å². The molecule has 1 aliphatic heterocycles. The van der Waals surface area contributed by atoms with E-state index in [1.54, 1.807) is 36.4 Å². The van der Waals surface area contributed by atoms with Crippen LogP contribution in [-0.2, 0) is 16.6 Å². The molecule has 4 rings (SSSR count). The lowest BCUT2D eigenvalue weighted by molar-refractivity contribution is 0.0640. The fourth-order valence-corrected chi connectivity index (χ4v) is 4.41. The van der Waals surface area contributed by atoms with E-state index >= 15 is 0 Å². The molecule has 0 bridgehead atoms. The molecule has 0 unspecified atom stereocenters. The molecule has 0 aliphatic carbocycles. The van der Waals surface area contributed by atoms with Crippen LogP contribution in [0.15, 0.2) is 65.7 Å². The van der Waals surface area contributed by atoms with Gasteiger partial charge in [0.05, 0.1) is 29.8 Å². The molecule has 10 heteroatoms. The van der Waals surface area contributed by atoms with Crippen LogP contribution >= 0.6 is 11.6 Å². The molecule has 2 amide bonds. The lowest BCUT2D eigenvalue weighted by atomic mass is 10.2. The molecule has 1 aliphatic rings. The number of hydrogen-bond donors (Lipinski definition) is 1. The van der Waals surface area contributed by atoms with Gasteiger partial charge in [-0.25, -0.2) is 8.42 Å². The molecular weight excluding hydrogens is 442 g/mol. The molecule has 0 saturated heterocycles. The zero-order valence-corrected chi connectivity index (χ0v) is 17.8. The number of carbonyl (C=O) groups is 2. The van der Waals surface area contributed by atoms with Gasteiger partial charge in [-0.3, -0.25) is 24.2 Å². The first-order valence-corrected chi connectivity index (χ1v) is 10.9. The zero-order valence-electron chi connectivity index (χ0n) is 16.2. The molecule has 2 aromatic carbocycles. The summed E-state index contributed by atoms with van der Waals surface area (Å²) in [5, 5.41) is 0.351. The number of sulfonamides is 1. The number of ether oxygens (including phenoxy) is 1. The number of anilines is 1. The number of halogens is 1. The minimum atomic E-state index is -3.92. The molecule has 2 heterocycles. The number of nitrogens with one attached hydrogen (secondary N) is 1. The Kier molecular flexibility index (Phi) is 5.38. The second-order valence-electron chi connectivity index (χ2n) is 6.69. The molecule has 1 aromatic heterocycles. The van der Waals surface area contributed by atoms with Crippen molar-refractivity contribution in [1.82, 2.24) is 9.88 Å². The van der Waals surface area contributed by atoms with Crippen LogP contribution in [0.1, 0.15) is 26.4 Å². The molecule has 0 radical (unpaired) electrons. The lowest BCUT2D eigenvalue weighted by Crippen LogP contribution is -2.29. The Morgan fingerprint density at radius 2 is 1.81 bits per heavy atom. The van der Waals surface area contributed by atoms with Crippen LogP contribution in [0.2, 0.25) is 5.02 Å². The summed E-state index contributed by atoms with van der Waals surface area (Å²) in [5.74, 6) is -0.588. The topological polar surface area (TPSA) is 106 Å². The van der Waals surface area contributed by atoms with Crippen molar-refractivity contribution in [1.29, 1.82) is 0 Å². The van der Waals surface area contributed by atoms with E-state index in [4.69, 9.17) is 16.3 Å². The Morgan fingerprint density at radius 3 is 2.48 bits per heavy atom. The van der Waals surface area contributed by atoms with Gasteiger partial charge in [0.25, 0.3) is 21.8 Å². The molecule has 1 N–H and O–H groups in total. The number of nitrogens with zero attached hydrogens (tertiary/aromatic N) is 2. The molecule has 3 aromatic rings. The van der Waals surface area contributed by atoms with Crippen LogP contribution in [0, 0.1) is 0 Å². The number of rotatable bonds is 6. The number of imide groups is 1. The van der Waals surface area contributed by atoms with E-state index in [0.29, 0.717) is 16.3 Å². The van der Waals surface area contributed by atoms with Crippen molar-refractivity contribution < 1.29 is 22.7 Å². The van der Waals surface area contributed by atoms with E-state index in [9.17, 15) is 18.0 Å². The fourth-order valence-electron chi connectivity index (χ4n) is 3.18. The van der Waals surface area contributed by atoms with E-state index in [2.05, 4.69) is 9.71 Å². The summed E-state index contributed by atoms with van der Waals surface area (Å²) in [6.07, 6.45) is 1.45. The number of methoxy groups -OCH3 is 1. The number of aromatic nitrogens is 1. The van der Waals surface area contributed by atoms with Gasteiger partial charge in [0.1, 0.15) is 11.4 Å². The quantitative estimate of drug-likeness (QED) is 0.569. The number of fused-ring (bicyclic) bond motifs is 1. The van der Waals surface area contributed by atoms with Crippen molar-refractivity contribution in [2.24, 2.45) is 0 Å².